The van der Waals surface area contributed by atoms with Crippen molar-refractivity contribution < 1.29 is 20.1 Å². The SMILES string of the molecule is OC[C@H]1O[C@@H](n2nnc3c(NC4CCCCC4)nncc32)[C@H](O)[C@@H]1O. The van der Waals surface area contributed by atoms with Crippen molar-refractivity contribution in [3.8, 4) is 0 Å². The quantitative estimate of drug-likeness (QED) is 0.579. The number of hydrogen-bond acceptors (Lipinski definition) is 9. The van der Waals surface area contributed by atoms with Gasteiger partial charge in [0.25, 0.3) is 0 Å². The molecule has 2 aromatic rings. The van der Waals surface area contributed by atoms with Gasteiger partial charge in [-0.05, 0) is 12.8 Å². The monoisotopic (exact) mass is 350 g/mol. The lowest BCUT2D eigenvalue weighted by molar-refractivity contribution is -0.0572. The first-order valence-corrected chi connectivity index (χ1v) is 8.64. The van der Waals surface area contributed by atoms with Gasteiger partial charge in [-0.15, -0.1) is 10.2 Å². The van der Waals surface area contributed by atoms with Crippen molar-refractivity contribution in [3.05, 3.63) is 6.20 Å². The molecule has 0 radical (unpaired) electrons. The molecule has 10 nitrogen and oxygen atoms in total. The maximum Gasteiger partial charge on any atom is 0.181 e. The molecule has 25 heavy (non-hydrogen) atoms. The number of hydrogen-bond donors (Lipinski definition) is 4. The number of ether oxygens (including phenoxy) is 1. The van der Waals surface area contributed by atoms with Crippen molar-refractivity contribution in [1.29, 1.82) is 0 Å². The lowest BCUT2D eigenvalue weighted by Crippen LogP contribution is -2.33. The van der Waals surface area contributed by atoms with Gasteiger partial charge in [0.2, 0.25) is 0 Å². The Balaban J connectivity index is 1.62. The molecule has 0 spiro atoms. The van der Waals surface area contributed by atoms with Crippen molar-refractivity contribution in [2.75, 3.05) is 11.9 Å². The molecule has 2 fully saturated rings. The highest BCUT2D eigenvalue weighted by Crippen LogP contribution is 2.32. The van der Waals surface area contributed by atoms with Crippen molar-refractivity contribution in [3.63, 3.8) is 0 Å². The standard InChI is InChI=1S/C15H22N6O4/c22-7-10-12(23)13(24)15(25-10)21-9-6-16-19-14(11(9)18-20-21)17-8-4-2-1-3-5-8/h6,8,10,12-13,15,22-24H,1-5,7H2,(H,17,19)/t10-,12-,13-,15-/m1/s1. The minimum atomic E-state index is -1.22. The lowest BCUT2D eigenvalue weighted by atomic mass is 9.95. The van der Waals surface area contributed by atoms with Gasteiger partial charge in [0, 0.05) is 6.04 Å². The normalized spacial score (nSPS) is 30.8. The Hall–Kier alpha value is -1.88. The van der Waals surface area contributed by atoms with E-state index in [1.54, 1.807) is 0 Å². The fourth-order valence-electron chi connectivity index (χ4n) is 3.59. The number of aliphatic hydroxyl groups is 3. The van der Waals surface area contributed by atoms with Gasteiger partial charge in [0.05, 0.1) is 12.8 Å². The second-order valence-corrected chi connectivity index (χ2v) is 6.67. The van der Waals surface area contributed by atoms with Crippen LogP contribution in [-0.4, -0.2) is 71.5 Å². The highest BCUT2D eigenvalue weighted by molar-refractivity contribution is 5.84. The molecule has 4 N–H and O–H groups in total. The van der Waals surface area contributed by atoms with Crippen LogP contribution >= 0.6 is 0 Å². The Labute approximate surface area is 143 Å². The maximum atomic E-state index is 10.2. The summed E-state index contributed by atoms with van der Waals surface area (Å²) in [7, 11) is 0. The molecule has 0 aromatic carbocycles. The summed E-state index contributed by atoms with van der Waals surface area (Å²) in [5.41, 5.74) is 1.08. The van der Waals surface area contributed by atoms with Crippen LogP contribution in [0.5, 0.6) is 0 Å². The van der Waals surface area contributed by atoms with Crippen LogP contribution in [0.3, 0.4) is 0 Å². The molecule has 1 aliphatic heterocycles. The first-order chi connectivity index (χ1) is 12.2. The zero-order valence-electron chi connectivity index (χ0n) is 13.7. The summed E-state index contributed by atoms with van der Waals surface area (Å²) >= 11 is 0. The van der Waals surface area contributed by atoms with E-state index in [1.165, 1.54) is 30.1 Å². The van der Waals surface area contributed by atoms with Gasteiger partial charge in [-0.2, -0.15) is 5.10 Å². The van der Waals surface area contributed by atoms with Crippen molar-refractivity contribution in [2.45, 2.75) is 62.7 Å². The summed E-state index contributed by atoms with van der Waals surface area (Å²) in [5.74, 6) is 0.558. The third-order valence-corrected chi connectivity index (χ3v) is 5.00. The number of fused-ring (bicyclic) bond motifs is 1. The predicted octanol–water partition coefficient (Wildman–Crippen LogP) is -0.423. The van der Waals surface area contributed by atoms with Crippen molar-refractivity contribution in [2.24, 2.45) is 0 Å². The summed E-state index contributed by atoms with van der Waals surface area (Å²) in [6, 6.07) is 0.340. The van der Waals surface area contributed by atoms with Gasteiger partial charge >= 0.3 is 0 Å². The molecule has 2 aliphatic rings. The van der Waals surface area contributed by atoms with E-state index in [9.17, 15) is 15.3 Å². The molecule has 2 aromatic heterocycles. The van der Waals surface area contributed by atoms with Crippen LogP contribution in [0.1, 0.15) is 38.3 Å². The zero-order chi connectivity index (χ0) is 17.4. The van der Waals surface area contributed by atoms with Crippen LogP contribution in [0.25, 0.3) is 11.0 Å². The van der Waals surface area contributed by atoms with Crippen molar-refractivity contribution >= 4 is 16.9 Å². The third-order valence-electron chi connectivity index (χ3n) is 5.00. The Morgan fingerprint density at radius 2 is 1.96 bits per heavy atom. The second-order valence-electron chi connectivity index (χ2n) is 6.67. The summed E-state index contributed by atoms with van der Waals surface area (Å²) in [5, 5.41) is 49.1. The molecule has 0 unspecified atom stereocenters. The van der Waals surface area contributed by atoms with Gasteiger partial charge in [-0.25, -0.2) is 4.68 Å². The second kappa shape index (κ2) is 6.79. The molecule has 1 aliphatic carbocycles. The summed E-state index contributed by atoms with van der Waals surface area (Å²) in [4.78, 5) is 0. The van der Waals surface area contributed by atoms with Gasteiger partial charge < -0.3 is 25.4 Å². The van der Waals surface area contributed by atoms with Gasteiger partial charge in [-0.1, -0.05) is 24.5 Å². The molecular formula is C15H22N6O4. The predicted molar refractivity (Wildman–Crippen MR) is 86.6 cm³/mol. The first kappa shape index (κ1) is 16.6. The van der Waals surface area contributed by atoms with Gasteiger partial charge in [0.1, 0.15) is 23.8 Å². The number of aliphatic hydroxyl groups excluding tert-OH is 3. The highest BCUT2D eigenvalue weighted by Gasteiger charge is 2.44. The molecule has 0 bridgehead atoms. The average molecular weight is 350 g/mol. The van der Waals surface area contributed by atoms with Gasteiger partial charge in [0.15, 0.2) is 17.6 Å². The van der Waals surface area contributed by atoms with E-state index >= 15 is 0 Å². The Kier molecular flexibility index (Phi) is 4.50. The average Bonchev–Trinajstić information content (AvgIpc) is 3.18. The number of aromatic nitrogens is 5. The molecule has 10 heteroatoms. The van der Waals surface area contributed by atoms with E-state index in [0.29, 0.717) is 22.9 Å². The van der Waals surface area contributed by atoms with Crippen LogP contribution in [0.15, 0.2) is 6.20 Å². The topological polar surface area (TPSA) is 138 Å². The number of nitrogens with one attached hydrogen (secondary N) is 1. The van der Waals surface area contributed by atoms with Crippen LogP contribution in [0, 0.1) is 0 Å². The number of rotatable bonds is 4. The van der Waals surface area contributed by atoms with Crippen LogP contribution in [0.2, 0.25) is 0 Å². The van der Waals surface area contributed by atoms with E-state index in [1.807, 2.05) is 0 Å². The van der Waals surface area contributed by atoms with E-state index in [0.717, 1.165) is 12.8 Å². The minimum Gasteiger partial charge on any atom is -0.394 e. The van der Waals surface area contributed by atoms with E-state index in [2.05, 4.69) is 25.8 Å². The fourth-order valence-corrected chi connectivity index (χ4v) is 3.59. The van der Waals surface area contributed by atoms with Crippen LogP contribution in [0.4, 0.5) is 5.82 Å². The fraction of sp³-hybridized carbons (Fsp3) is 0.733. The van der Waals surface area contributed by atoms with E-state index in [-0.39, 0.29) is 0 Å². The highest BCUT2D eigenvalue weighted by atomic mass is 16.6. The lowest BCUT2D eigenvalue weighted by Gasteiger charge is -2.22. The van der Waals surface area contributed by atoms with E-state index in [4.69, 9.17) is 4.74 Å². The first-order valence-electron chi connectivity index (χ1n) is 8.64. The Morgan fingerprint density at radius 3 is 2.68 bits per heavy atom. The molecule has 1 saturated carbocycles. The number of nitrogens with zero attached hydrogens (tertiary/aromatic N) is 5. The van der Waals surface area contributed by atoms with E-state index < -0.39 is 31.1 Å². The molecule has 3 heterocycles. The molecule has 136 valence electrons. The summed E-state index contributed by atoms with van der Waals surface area (Å²) in [6.07, 6.45) is 3.09. The largest absolute Gasteiger partial charge is 0.394 e. The smallest absolute Gasteiger partial charge is 0.181 e. The number of anilines is 1. The Bertz CT molecular complexity index is 734. The maximum absolute atomic E-state index is 10.2. The zero-order valence-corrected chi connectivity index (χ0v) is 13.7. The van der Waals surface area contributed by atoms with Gasteiger partial charge in [-0.3, -0.25) is 0 Å². The third kappa shape index (κ3) is 2.95. The molecule has 0 amide bonds. The van der Waals surface area contributed by atoms with Crippen LogP contribution < -0.4 is 5.32 Å². The summed E-state index contributed by atoms with van der Waals surface area (Å²) in [6.45, 7) is -0.393. The van der Waals surface area contributed by atoms with Crippen LogP contribution in [-0.2, 0) is 4.74 Å². The molecule has 4 atom stereocenters. The summed E-state index contributed by atoms with van der Waals surface area (Å²) < 4.78 is 6.89. The molecular weight excluding hydrogens is 328 g/mol. The van der Waals surface area contributed by atoms with Crippen molar-refractivity contribution in [1.82, 2.24) is 25.2 Å². The Morgan fingerprint density at radius 1 is 1.16 bits per heavy atom. The molecule has 4 rings (SSSR count). The molecule has 1 saturated heterocycles. The minimum absolute atomic E-state index is 0.340.